The van der Waals surface area contributed by atoms with Crippen LogP contribution in [0.1, 0.15) is 42.9 Å². The van der Waals surface area contributed by atoms with Gasteiger partial charge in [-0.1, -0.05) is 23.7 Å². The number of hydrogen-bond donors (Lipinski definition) is 1. The van der Waals surface area contributed by atoms with E-state index in [1.54, 1.807) is 11.9 Å². The predicted molar refractivity (Wildman–Crippen MR) is 128 cm³/mol. The van der Waals surface area contributed by atoms with Crippen molar-refractivity contribution in [3.63, 3.8) is 0 Å². The quantitative estimate of drug-likeness (QED) is 0.705. The third-order valence-electron chi connectivity index (χ3n) is 6.93. The lowest BCUT2D eigenvalue weighted by atomic mass is 9.89. The smallest absolute Gasteiger partial charge is 0.227 e. The van der Waals surface area contributed by atoms with E-state index in [2.05, 4.69) is 27.3 Å². The number of hydrogen-bond acceptors (Lipinski definition) is 7. The molecule has 0 saturated carbocycles. The highest BCUT2D eigenvalue weighted by atomic mass is 35.5. The molecule has 3 aliphatic heterocycles. The molecule has 10 heteroatoms. The van der Waals surface area contributed by atoms with E-state index in [0.29, 0.717) is 49.2 Å². The first-order valence-electron chi connectivity index (χ1n) is 11.4. The maximum atomic E-state index is 12.7. The van der Waals surface area contributed by atoms with Crippen molar-refractivity contribution in [3.05, 3.63) is 40.5 Å². The maximum Gasteiger partial charge on any atom is 0.227 e. The van der Waals surface area contributed by atoms with Gasteiger partial charge in [0.1, 0.15) is 4.90 Å². The third-order valence-corrected chi connectivity index (χ3v) is 8.97. The number of nitrogens with zero attached hydrogens (tertiary/aromatic N) is 4. The number of benzene rings is 1. The number of likely N-dealkylation sites (tertiary alicyclic amines) is 1. The van der Waals surface area contributed by atoms with Crippen molar-refractivity contribution in [2.45, 2.75) is 49.0 Å². The number of sulfone groups is 1. The molecule has 1 atom stereocenters. The Morgan fingerprint density at radius 1 is 1.06 bits per heavy atom. The Bertz CT molecular complexity index is 1160. The molecule has 4 heterocycles. The van der Waals surface area contributed by atoms with Gasteiger partial charge in [0.2, 0.25) is 11.9 Å². The molecule has 2 saturated heterocycles. The molecule has 1 aromatic carbocycles. The molecule has 2 fully saturated rings. The lowest BCUT2D eigenvalue weighted by Crippen LogP contribution is -2.43. The van der Waals surface area contributed by atoms with Gasteiger partial charge in [0, 0.05) is 50.6 Å². The van der Waals surface area contributed by atoms with Crippen molar-refractivity contribution in [1.82, 2.24) is 14.9 Å². The van der Waals surface area contributed by atoms with Crippen LogP contribution in [0, 0.1) is 0 Å². The van der Waals surface area contributed by atoms with Crippen molar-refractivity contribution in [3.8, 4) is 0 Å². The van der Waals surface area contributed by atoms with Gasteiger partial charge in [0.15, 0.2) is 15.7 Å². The molecule has 8 nitrogen and oxygen atoms in total. The number of rotatable bonds is 4. The molecule has 0 aliphatic carbocycles. The van der Waals surface area contributed by atoms with Crippen LogP contribution in [-0.2, 0) is 21.1 Å². The van der Waals surface area contributed by atoms with Gasteiger partial charge in [-0.2, -0.15) is 4.98 Å². The number of carbonyl (C=O) groups is 1. The molecule has 0 bridgehead atoms. The number of amides is 1. The number of fused-ring (bicyclic) bond motifs is 1. The third kappa shape index (κ3) is 4.53. The Labute approximate surface area is 199 Å². The topological polar surface area (TPSA) is 95.5 Å². The molecule has 0 spiro atoms. The van der Waals surface area contributed by atoms with Gasteiger partial charge in [-0.15, -0.1) is 0 Å². The van der Waals surface area contributed by atoms with Gasteiger partial charge in [0.25, 0.3) is 0 Å². The molecule has 1 aromatic heterocycles. The van der Waals surface area contributed by atoms with Gasteiger partial charge in [-0.3, -0.25) is 4.79 Å². The summed E-state index contributed by atoms with van der Waals surface area (Å²) in [5.41, 5.74) is 1.89. The lowest BCUT2D eigenvalue weighted by molar-refractivity contribution is -0.132. The zero-order valence-electron chi connectivity index (χ0n) is 18.6. The summed E-state index contributed by atoms with van der Waals surface area (Å²) in [7, 11) is -1.63. The largest absolute Gasteiger partial charge is 0.364 e. The molecular formula is C23H28ClN5O3S. The number of nitrogens with one attached hydrogen (secondary N) is 1. The minimum absolute atomic E-state index is 0.0361. The minimum atomic E-state index is -3.40. The average molecular weight is 490 g/mol. The van der Waals surface area contributed by atoms with Gasteiger partial charge in [0.05, 0.1) is 11.4 Å². The number of aromatic nitrogens is 2. The fraction of sp³-hybridized carbons (Fsp3) is 0.522. The number of aryl methyl sites for hydroxylation is 1. The van der Waals surface area contributed by atoms with Crippen LogP contribution in [-0.4, -0.2) is 67.7 Å². The average Bonchev–Trinajstić information content (AvgIpc) is 3.12. The fourth-order valence-electron chi connectivity index (χ4n) is 5.02. The molecule has 0 radical (unpaired) electrons. The molecule has 3 aliphatic rings. The Balaban J connectivity index is 1.37. The van der Waals surface area contributed by atoms with Crippen LogP contribution in [0.4, 0.5) is 11.8 Å². The van der Waals surface area contributed by atoms with Crippen LogP contribution >= 0.6 is 11.6 Å². The van der Waals surface area contributed by atoms with Crippen LogP contribution < -0.4 is 10.2 Å². The number of piperidine rings is 2. The zero-order valence-corrected chi connectivity index (χ0v) is 20.2. The molecule has 5 rings (SSSR count). The van der Waals surface area contributed by atoms with Gasteiger partial charge >= 0.3 is 0 Å². The standard InChI is InChI=1S/C23H28ClN5O3S/c1-28-14-18(6-7-20(28)30)25-22-21-19(10-13-33(21,31)32)26-23(27-22)29-11-8-16(9-12-29)15-2-4-17(24)5-3-15/h2-5,16,18H,6-14H2,1H3,(H,25,26,27)/t18-/m0/s1. The van der Waals surface area contributed by atoms with Crippen molar-refractivity contribution in [2.75, 3.05) is 42.7 Å². The van der Waals surface area contributed by atoms with Crippen molar-refractivity contribution in [1.29, 1.82) is 0 Å². The Morgan fingerprint density at radius 3 is 2.48 bits per heavy atom. The monoisotopic (exact) mass is 489 g/mol. The highest BCUT2D eigenvalue weighted by Crippen LogP contribution is 2.35. The summed E-state index contributed by atoms with van der Waals surface area (Å²) >= 11 is 6.03. The van der Waals surface area contributed by atoms with Gasteiger partial charge in [-0.25, -0.2) is 13.4 Å². The van der Waals surface area contributed by atoms with Crippen LogP contribution in [0.25, 0.3) is 0 Å². The highest BCUT2D eigenvalue weighted by molar-refractivity contribution is 7.91. The number of likely N-dealkylation sites (N-methyl/N-ethyl adjacent to an activating group) is 1. The van der Waals surface area contributed by atoms with E-state index in [0.717, 1.165) is 31.0 Å². The van der Waals surface area contributed by atoms with E-state index in [-0.39, 0.29) is 22.6 Å². The predicted octanol–water partition coefficient (Wildman–Crippen LogP) is 2.88. The van der Waals surface area contributed by atoms with Crippen LogP contribution in [0.15, 0.2) is 29.2 Å². The first-order chi connectivity index (χ1) is 15.8. The van der Waals surface area contributed by atoms with Crippen molar-refractivity contribution >= 4 is 39.1 Å². The summed E-state index contributed by atoms with van der Waals surface area (Å²) in [6.07, 6.45) is 3.45. The zero-order chi connectivity index (χ0) is 23.2. The van der Waals surface area contributed by atoms with E-state index < -0.39 is 9.84 Å². The molecule has 33 heavy (non-hydrogen) atoms. The van der Waals surface area contributed by atoms with E-state index in [1.807, 2.05) is 12.1 Å². The fourth-order valence-corrected chi connectivity index (χ4v) is 6.72. The normalized spacial score (nSPS) is 23.0. The minimum Gasteiger partial charge on any atom is -0.364 e. The van der Waals surface area contributed by atoms with Crippen LogP contribution in [0.3, 0.4) is 0 Å². The van der Waals surface area contributed by atoms with Crippen molar-refractivity contribution in [2.24, 2.45) is 0 Å². The molecule has 176 valence electrons. The Hall–Kier alpha value is -2.39. The number of carbonyl (C=O) groups excluding carboxylic acids is 1. The summed E-state index contributed by atoms with van der Waals surface area (Å²) in [6, 6.07) is 8.01. The van der Waals surface area contributed by atoms with Crippen LogP contribution in [0.5, 0.6) is 0 Å². The van der Waals surface area contributed by atoms with Crippen molar-refractivity contribution < 1.29 is 13.2 Å². The van der Waals surface area contributed by atoms with E-state index in [9.17, 15) is 13.2 Å². The van der Waals surface area contributed by atoms with E-state index in [1.165, 1.54) is 5.56 Å². The number of halogens is 1. The first-order valence-corrected chi connectivity index (χ1v) is 13.5. The lowest BCUT2D eigenvalue weighted by Gasteiger charge is -2.33. The second-order valence-corrected chi connectivity index (χ2v) is 11.7. The summed E-state index contributed by atoms with van der Waals surface area (Å²) in [5.74, 6) is 1.61. The Morgan fingerprint density at radius 2 is 1.79 bits per heavy atom. The second kappa shape index (κ2) is 8.76. The SMILES string of the molecule is CN1C[C@@H](Nc2nc(N3CCC(c4ccc(Cl)cc4)CC3)nc3c2S(=O)(=O)CC3)CCC1=O. The molecule has 1 amide bonds. The molecular weight excluding hydrogens is 462 g/mol. The molecule has 1 N–H and O–H groups in total. The summed E-state index contributed by atoms with van der Waals surface area (Å²) in [6.45, 7) is 2.14. The van der Waals surface area contributed by atoms with E-state index >= 15 is 0 Å². The molecule has 0 unspecified atom stereocenters. The summed E-state index contributed by atoms with van der Waals surface area (Å²) < 4.78 is 25.5. The first kappa shape index (κ1) is 22.4. The van der Waals surface area contributed by atoms with Gasteiger partial charge < -0.3 is 15.1 Å². The van der Waals surface area contributed by atoms with Gasteiger partial charge in [-0.05, 0) is 42.9 Å². The highest BCUT2D eigenvalue weighted by Gasteiger charge is 2.35. The second-order valence-electron chi connectivity index (χ2n) is 9.18. The van der Waals surface area contributed by atoms with Crippen LogP contribution in [0.2, 0.25) is 5.02 Å². The maximum absolute atomic E-state index is 12.7. The Kier molecular flexibility index (Phi) is 5.95. The summed E-state index contributed by atoms with van der Waals surface area (Å²) in [4.78, 5) is 25.3. The number of anilines is 2. The molecule has 2 aromatic rings. The summed E-state index contributed by atoms with van der Waals surface area (Å²) in [5, 5.41) is 4.09. The van der Waals surface area contributed by atoms with E-state index in [4.69, 9.17) is 16.6 Å².